The molecular weight excluding hydrogens is 302 g/mol. The maximum atomic E-state index is 12.2. The van der Waals surface area contributed by atoms with Crippen molar-refractivity contribution in [3.8, 4) is 0 Å². The fraction of sp³-hybridized carbons (Fsp3) is 0.526. The fourth-order valence-corrected chi connectivity index (χ4v) is 3.43. The van der Waals surface area contributed by atoms with Gasteiger partial charge < -0.3 is 15.0 Å². The van der Waals surface area contributed by atoms with Crippen LogP contribution < -0.4 is 5.32 Å². The Morgan fingerprint density at radius 1 is 1.25 bits per heavy atom. The third-order valence-electron chi connectivity index (χ3n) is 4.50. The lowest BCUT2D eigenvalue weighted by Crippen LogP contribution is -2.45. The molecule has 1 aliphatic rings. The third kappa shape index (κ3) is 4.36. The molecule has 5 heteroatoms. The number of rotatable bonds is 6. The minimum atomic E-state index is 0.00622. The summed E-state index contributed by atoms with van der Waals surface area (Å²) in [5, 5.41) is 4.09. The van der Waals surface area contributed by atoms with Crippen LogP contribution in [0.25, 0.3) is 10.9 Å². The Balaban J connectivity index is 1.37. The van der Waals surface area contributed by atoms with Crippen LogP contribution in [0.5, 0.6) is 0 Å². The zero-order chi connectivity index (χ0) is 16.9. The number of carbonyl (C=O) groups is 1. The number of carbonyl (C=O) groups excluding carboxylic acids is 1. The normalized spacial score (nSPS) is 21.9. The molecule has 0 bridgehead atoms. The van der Waals surface area contributed by atoms with E-state index in [0.717, 1.165) is 55.5 Å². The molecule has 2 aromatic rings. The molecule has 2 N–H and O–H groups in total. The Kier molecular flexibility index (Phi) is 5.53. The highest BCUT2D eigenvalue weighted by atomic mass is 16.5. The van der Waals surface area contributed by atoms with Gasteiger partial charge >= 0.3 is 0 Å². The molecule has 1 fully saturated rings. The fourth-order valence-electron chi connectivity index (χ4n) is 3.43. The zero-order valence-corrected chi connectivity index (χ0v) is 14.5. The average Bonchev–Trinajstić information content (AvgIpc) is 3.01. The van der Waals surface area contributed by atoms with E-state index in [4.69, 9.17) is 4.74 Å². The molecule has 2 atom stereocenters. The summed E-state index contributed by atoms with van der Waals surface area (Å²) in [5.41, 5.74) is 1.78. The van der Waals surface area contributed by atoms with Gasteiger partial charge in [0.25, 0.3) is 5.91 Å². The van der Waals surface area contributed by atoms with Crippen LogP contribution in [0.15, 0.2) is 30.5 Å². The lowest BCUT2D eigenvalue weighted by atomic mass is 10.1. The van der Waals surface area contributed by atoms with Gasteiger partial charge in [-0.25, -0.2) is 0 Å². The molecule has 1 amide bonds. The van der Waals surface area contributed by atoms with E-state index in [1.54, 1.807) is 0 Å². The van der Waals surface area contributed by atoms with Crippen LogP contribution >= 0.6 is 0 Å². The van der Waals surface area contributed by atoms with E-state index in [-0.39, 0.29) is 5.91 Å². The standard InChI is InChI=1S/C19H27N3O2/c1-14-12-22(13-15(2)24-14)10-4-3-8-21-19(23)17-5-6-18-16(11-17)7-9-20-18/h5-7,9,11,14-15,20H,3-4,8,10,12-13H2,1-2H3,(H,21,23)/t14-,15-/m1/s1. The molecule has 1 aromatic heterocycles. The van der Waals surface area contributed by atoms with Crippen LogP contribution in [0.1, 0.15) is 37.0 Å². The summed E-state index contributed by atoms with van der Waals surface area (Å²) in [6, 6.07) is 7.73. The number of aromatic nitrogens is 1. The summed E-state index contributed by atoms with van der Waals surface area (Å²) in [7, 11) is 0. The van der Waals surface area contributed by atoms with E-state index < -0.39 is 0 Å². The van der Waals surface area contributed by atoms with Crippen molar-refractivity contribution in [3.63, 3.8) is 0 Å². The van der Waals surface area contributed by atoms with Crippen LogP contribution in [-0.4, -0.2) is 54.2 Å². The number of nitrogens with one attached hydrogen (secondary N) is 2. The number of benzene rings is 1. The number of fused-ring (bicyclic) bond motifs is 1. The van der Waals surface area contributed by atoms with Crippen molar-refractivity contribution in [3.05, 3.63) is 36.0 Å². The number of nitrogens with zero attached hydrogens (tertiary/aromatic N) is 1. The minimum absolute atomic E-state index is 0.00622. The van der Waals surface area contributed by atoms with Gasteiger partial charge in [-0.1, -0.05) is 0 Å². The highest BCUT2D eigenvalue weighted by Crippen LogP contribution is 2.14. The van der Waals surface area contributed by atoms with Crippen molar-refractivity contribution in [2.75, 3.05) is 26.2 Å². The number of unbranched alkanes of at least 4 members (excludes halogenated alkanes) is 1. The number of hydrogen-bond acceptors (Lipinski definition) is 3. The monoisotopic (exact) mass is 329 g/mol. The van der Waals surface area contributed by atoms with Crippen LogP contribution in [0.4, 0.5) is 0 Å². The Morgan fingerprint density at radius 3 is 2.83 bits per heavy atom. The number of H-pyrrole nitrogens is 1. The second kappa shape index (κ2) is 7.81. The van der Waals surface area contributed by atoms with Gasteiger partial charge in [-0.15, -0.1) is 0 Å². The summed E-state index contributed by atoms with van der Waals surface area (Å²) < 4.78 is 5.75. The van der Waals surface area contributed by atoms with Gasteiger partial charge in [-0.2, -0.15) is 0 Å². The van der Waals surface area contributed by atoms with Crippen LogP contribution in [0.3, 0.4) is 0 Å². The number of amides is 1. The number of ether oxygens (including phenoxy) is 1. The summed E-state index contributed by atoms with van der Waals surface area (Å²) in [4.78, 5) is 17.8. The largest absolute Gasteiger partial charge is 0.373 e. The molecule has 0 aliphatic carbocycles. The first-order valence-corrected chi connectivity index (χ1v) is 8.85. The van der Waals surface area contributed by atoms with Crippen molar-refractivity contribution >= 4 is 16.8 Å². The maximum Gasteiger partial charge on any atom is 0.251 e. The van der Waals surface area contributed by atoms with Gasteiger partial charge in [0.15, 0.2) is 0 Å². The molecule has 3 rings (SSSR count). The van der Waals surface area contributed by atoms with Gasteiger partial charge in [0.1, 0.15) is 0 Å². The summed E-state index contributed by atoms with van der Waals surface area (Å²) in [6.45, 7) is 8.07. The minimum Gasteiger partial charge on any atom is -0.373 e. The first-order valence-electron chi connectivity index (χ1n) is 8.85. The van der Waals surface area contributed by atoms with Gasteiger partial charge in [-0.3, -0.25) is 9.69 Å². The van der Waals surface area contributed by atoms with Crippen molar-refractivity contribution in [2.45, 2.75) is 38.9 Å². The van der Waals surface area contributed by atoms with Gasteiger partial charge in [0.05, 0.1) is 12.2 Å². The van der Waals surface area contributed by atoms with E-state index in [1.165, 1.54) is 0 Å². The SMILES string of the molecule is C[C@@H]1CN(CCCCNC(=O)c2ccc3[nH]ccc3c2)C[C@@H](C)O1. The highest BCUT2D eigenvalue weighted by Gasteiger charge is 2.21. The van der Waals surface area contributed by atoms with E-state index in [2.05, 4.69) is 29.0 Å². The Morgan fingerprint density at radius 2 is 2.04 bits per heavy atom. The van der Waals surface area contributed by atoms with Gasteiger partial charge in [0.2, 0.25) is 0 Å². The molecule has 2 heterocycles. The first-order chi connectivity index (χ1) is 11.6. The van der Waals surface area contributed by atoms with Crippen LogP contribution in [0.2, 0.25) is 0 Å². The second-order valence-electron chi connectivity index (χ2n) is 6.76. The van der Waals surface area contributed by atoms with Crippen LogP contribution in [0, 0.1) is 0 Å². The molecule has 130 valence electrons. The molecule has 0 spiro atoms. The van der Waals surface area contributed by atoms with Crippen molar-refractivity contribution in [1.82, 2.24) is 15.2 Å². The average molecular weight is 329 g/mol. The van der Waals surface area contributed by atoms with Crippen LogP contribution in [-0.2, 0) is 4.74 Å². The molecule has 1 aliphatic heterocycles. The number of aromatic amines is 1. The second-order valence-corrected chi connectivity index (χ2v) is 6.76. The molecule has 0 radical (unpaired) electrons. The smallest absolute Gasteiger partial charge is 0.251 e. The van der Waals surface area contributed by atoms with Crippen molar-refractivity contribution in [2.24, 2.45) is 0 Å². The van der Waals surface area contributed by atoms with Crippen molar-refractivity contribution in [1.29, 1.82) is 0 Å². The van der Waals surface area contributed by atoms with E-state index in [0.29, 0.717) is 12.2 Å². The Hall–Kier alpha value is -1.85. The lowest BCUT2D eigenvalue weighted by Gasteiger charge is -2.35. The zero-order valence-electron chi connectivity index (χ0n) is 14.5. The van der Waals surface area contributed by atoms with E-state index >= 15 is 0 Å². The van der Waals surface area contributed by atoms with E-state index in [9.17, 15) is 4.79 Å². The van der Waals surface area contributed by atoms with Gasteiger partial charge in [0, 0.05) is 42.3 Å². The Bertz CT molecular complexity index is 672. The number of morpholine rings is 1. The summed E-state index contributed by atoms with van der Waals surface area (Å²) in [6.07, 6.45) is 4.61. The molecular formula is C19H27N3O2. The van der Waals surface area contributed by atoms with Gasteiger partial charge in [-0.05, 0) is 57.5 Å². The molecule has 24 heavy (non-hydrogen) atoms. The van der Waals surface area contributed by atoms with E-state index in [1.807, 2.05) is 30.5 Å². The molecule has 1 saturated heterocycles. The topological polar surface area (TPSA) is 57.4 Å². The summed E-state index contributed by atoms with van der Waals surface area (Å²) in [5.74, 6) is 0.00622. The lowest BCUT2D eigenvalue weighted by molar-refractivity contribution is -0.0681. The highest BCUT2D eigenvalue weighted by molar-refractivity contribution is 5.98. The quantitative estimate of drug-likeness (QED) is 0.801. The molecule has 0 saturated carbocycles. The first kappa shape index (κ1) is 17.0. The molecule has 5 nitrogen and oxygen atoms in total. The predicted octanol–water partition coefficient (Wildman–Crippen LogP) is 2.79. The maximum absolute atomic E-state index is 12.2. The Labute approximate surface area is 143 Å². The molecule has 0 unspecified atom stereocenters. The molecule has 1 aromatic carbocycles. The number of hydrogen-bond donors (Lipinski definition) is 2. The van der Waals surface area contributed by atoms with Crippen molar-refractivity contribution < 1.29 is 9.53 Å². The third-order valence-corrected chi connectivity index (χ3v) is 4.50. The summed E-state index contributed by atoms with van der Waals surface area (Å²) >= 11 is 0. The predicted molar refractivity (Wildman–Crippen MR) is 96.3 cm³/mol.